The molecule has 0 saturated heterocycles. The lowest BCUT2D eigenvalue weighted by atomic mass is 10.1. The molecule has 0 spiro atoms. The number of amides is 1. The Bertz CT molecular complexity index is 1550. The molecule has 1 aliphatic rings. The van der Waals surface area contributed by atoms with Gasteiger partial charge >= 0.3 is 30.3 Å². The van der Waals surface area contributed by atoms with Gasteiger partial charge in [0.05, 0.1) is 22.9 Å². The summed E-state index contributed by atoms with van der Waals surface area (Å²) in [6, 6.07) is 5.39. The first kappa shape index (κ1) is 34.3. The van der Waals surface area contributed by atoms with E-state index >= 15 is 0 Å². The average Bonchev–Trinajstić information content (AvgIpc) is 3.51. The van der Waals surface area contributed by atoms with Gasteiger partial charge in [0, 0.05) is 18.8 Å². The van der Waals surface area contributed by atoms with Crippen LogP contribution in [0.5, 0.6) is 0 Å². The summed E-state index contributed by atoms with van der Waals surface area (Å²) in [5.41, 5.74) is 0.157. The summed E-state index contributed by atoms with van der Waals surface area (Å²) in [7, 11) is 0.521. The van der Waals surface area contributed by atoms with Gasteiger partial charge in [0.2, 0.25) is 0 Å². The minimum Gasteiger partial charge on any atom is -0.422 e. The van der Waals surface area contributed by atoms with E-state index in [9.17, 15) is 57.5 Å². The molecule has 240 valence electrons. The minimum absolute atomic E-state index is 0.00275. The lowest BCUT2D eigenvalue weighted by molar-refractivity contribution is -0.415. The number of carbonyl (C=O) groups excluding carboxylic acids is 1. The molecule has 1 heterocycles. The molecule has 0 unspecified atom stereocenters. The predicted molar refractivity (Wildman–Crippen MR) is 126 cm³/mol. The van der Waals surface area contributed by atoms with E-state index in [1.165, 1.54) is 12.1 Å². The molecule has 0 atom stereocenters. The number of rotatable bonds is 8. The SMILES string of the molecule is CN=C(C(OC(F)(F)C(F)(F)C(F)(F)F)=C(N)C(F)(F)C(F)(F)F)n1cc(-c2ccc(Cl)c(C(=O)NC3(C#N)CC3)c2)cn1. The quantitative estimate of drug-likeness (QED) is 0.154. The number of hydrogen-bond donors (Lipinski definition) is 2. The maximum Gasteiger partial charge on any atom is 0.474 e. The van der Waals surface area contributed by atoms with Gasteiger partial charge < -0.3 is 15.8 Å². The molecule has 1 amide bonds. The van der Waals surface area contributed by atoms with Crippen LogP contribution in [0.15, 0.2) is 47.0 Å². The number of allylic oxidation sites excluding steroid dienone is 2. The van der Waals surface area contributed by atoms with Crippen LogP contribution in [0.4, 0.5) is 52.7 Å². The number of halogens is 13. The highest BCUT2D eigenvalue weighted by Crippen LogP contribution is 2.49. The molecule has 3 N–H and O–H groups in total. The molecular weight excluding hydrogens is 656 g/mol. The molecule has 8 nitrogen and oxygen atoms in total. The third-order valence-corrected chi connectivity index (χ3v) is 6.30. The molecule has 21 heteroatoms. The Morgan fingerprint density at radius 3 is 2.14 bits per heavy atom. The van der Waals surface area contributed by atoms with Crippen LogP contribution in [0.2, 0.25) is 5.02 Å². The van der Waals surface area contributed by atoms with Crippen molar-refractivity contribution in [2.24, 2.45) is 10.7 Å². The van der Waals surface area contributed by atoms with E-state index < -0.39 is 59.0 Å². The minimum atomic E-state index is -7.13. The number of nitrogens with two attached hydrogens (primary N) is 1. The number of alkyl halides is 12. The highest BCUT2D eigenvalue weighted by atomic mass is 35.5. The standard InChI is InChI=1S/C23H15ClF12N6O2/c1-39-16(14(15(38)19(25,26)21(29,30)31)44-23(35,36)20(27,28)22(32,33)34)42-8-11(7-40-42)10-2-3-13(24)12(6-10)17(43)41-18(9-37)4-5-18/h2-3,6-8H,4-5,38H2,1H3,(H,41,43). The Balaban J connectivity index is 2.12. The Morgan fingerprint density at radius 2 is 1.66 bits per heavy atom. The number of hydrogen-bond acceptors (Lipinski definition) is 6. The Hall–Kier alpha value is -4.15. The van der Waals surface area contributed by atoms with Crippen molar-refractivity contribution < 1.29 is 62.2 Å². The van der Waals surface area contributed by atoms with E-state index in [0.29, 0.717) is 26.1 Å². The van der Waals surface area contributed by atoms with Crippen molar-refractivity contribution in [1.29, 1.82) is 5.26 Å². The van der Waals surface area contributed by atoms with Crippen LogP contribution in [0.25, 0.3) is 11.1 Å². The molecule has 2 aromatic rings. The van der Waals surface area contributed by atoms with Gasteiger partial charge in [0.25, 0.3) is 5.91 Å². The number of nitrogens with zero attached hydrogens (tertiary/aromatic N) is 4. The maximum atomic E-state index is 14.1. The topological polar surface area (TPSA) is 118 Å². The second kappa shape index (κ2) is 11.1. The van der Waals surface area contributed by atoms with Crippen LogP contribution in [0.1, 0.15) is 23.2 Å². The number of benzene rings is 1. The monoisotopic (exact) mass is 670 g/mol. The first-order valence-corrected chi connectivity index (χ1v) is 11.8. The first-order valence-electron chi connectivity index (χ1n) is 11.5. The van der Waals surface area contributed by atoms with Gasteiger partial charge in [0.1, 0.15) is 11.2 Å². The third kappa shape index (κ3) is 6.23. The third-order valence-electron chi connectivity index (χ3n) is 5.97. The lowest BCUT2D eigenvalue weighted by Gasteiger charge is -2.30. The van der Waals surface area contributed by atoms with E-state index in [-0.39, 0.29) is 26.4 Å². The number of carbonyl (C=O) groups is 1. The zero-order valence-corrected chi connectivity index (χ0v) is 22.2. The van der Waals surface area contributed by atoms with Crippen LogP contribution in [-0.2, 0) is 4.74 Å². The molecule has 1 aromatic carbocycles. The second-order valence-corrected chi connectivity index (χ2v) is 9.48. The normalized spacial score (nSPS) is 16.6. The van der Waals surface area contributed by atoms with Crippen molar-refractivity contribution in [2.45, 2.75) is 48.7 Å². The lowest BCUT2D eigenvalue weighted by Crippen LogP contribution is -2.54. The van der Waals surface area contributed by atoms with Crippen LogP contribution in [0, 0.1) is 11.3 Å². The van der Waals surface area contributed by atoms with Crippen LogP contribution >= 0.6 is 11.6 Å². The van der Waals surface area contributed by atoms with Gasteiger partial charge in [0.15, 0.2) is 11.6 Å². The fourth-order valence-corrected chi connectivity index (χ4v) is 3.53. The van der Waals surface area contributed by atoms with Gasteiger partial charge in [-0.2, -0.15) is 63.0 Å². The first-order chi connectivity index (χ1) is 19.9. The molecular formula is C23H15ClF12N6O2. The summed E-state index contributed by atoms with van der Waals surface area (Å²) in [4.78, 5) is 15.8. The molecule has 1 aliphatic carbocycles. The van der Waals surface area contributed by atoms with Crippen molar-refractivity contribution in [3.05, 3.63) is 52.6 Å². The summed E-state index contributed by atoms with van der Waals surface area (Å²) < 4.78 is 164. The van der Waals surface area contributed by atoms with Gasteiger partial charge in [-0.15, -0.1) is 0 Å². The zero-order chi connectivity index (χ0) is 33.7. The molecule has 0 aliphatic heterocycles. The van der Waals surface area contributed by atoms with Crippen molar-refractivity contribution in [1.82, 2.24) is 15.1 Å². The number of nitrogens with one attached hydrogen (secondary N) is 1. The molecule has 1 aromatic heterocycles. The van der Waals surface area contributed by atoms with E-state index in [0.717, 1.165) is 12.3 Å². The second-order valence-electron chi connectivity index (χ2n) is 9.07. The Morgan fingerprint density at radius 1 is 1.07 bits per heavy atom. The predicted octanol–water partition coefficient (Wildman–Crippen LogP) is 6.04. The molecule has 1 fully saturated rings. The van der Waals surface area contributed by atoms with Crippen LogP contribution in [-0.4, -0.2) is 64.4 Å². The van der Waals surface area contributed by atoms with Gasteiger partial charge in [-0.05, 0) is 30.5 Å². The van der Waals surface area contributed by atoms with E-state index in [1.807, 2.05) is 6.07 Å². The van der Waals surface area contributed by atoms with E-state index in [4.69, 9.17) is 22.6 Å². The largest absolute Gasteiger partial charge is 0.474 e. The zero-order valence-electron chi connectivity index (χ0n) is 21.4. The fraction of sp³-hybridized carbons (Fsp3) is 0.391. The summed E-state index contributed by atoms with van der Waals surface area (Å²) in [5.74, 6) is -18.7. The van der Waals surface area contributed by atoms with E-state index in [1.54, 1.807) is 0 Å². The molecule has 0 bridgehead atoms. The van der Waals surface area contributed by atoms with Crippen molar-refractivity contribution in [2.75, 3.05) is 7.05 Å². The smallest absolute Gasteiger partial charge is 0.422 e. The number of ether oxygens (including phenoxy) is 1. The Labute approximate surface area is 242 Å². The maximum absolute atomic E-state index is 14.1. The van der Waals surface area contributed by atoms with Crippen molar-refractivity contribution in [3.63, 3.8) is 0 Å². The summed E-state index contributed by atoms with van der Waals surface area (Å²) in [5, 5.41) is 15.0. The number of aromatic nitrogens is 2. The number of nitriles is 1. The van der Waals surface area contributed by atoms with Gasteiger partial charge in [-0.25, -0.2) is 4.68 Å². The van der Waals surface area contributed by atoms with Gasteiger partial charge in [-0.3, -0.25) is 9.79 Å². The van der Waals surface area contributed by atoms with Crippen molar-refractivity contribution in [3.8, 4) is 17.2 Å². The highest BCUT2D eigenvalue weighted by Gasteiger charge is 2.76. The summed E-state index contributed by atoms with van der Waals surface area (Å²) in [6.07, 6.45) is -18.4. The van der Waals surface area contributed by atoms with Gasteiger partial charge in [-0.1, -0.05) is 17.7 Å². The average molecular weight is 671 g/mol. The highest BCUT2D eigenvalue weighted by molar-refractivity contribution is 6.34. The van der Waals surface area contributed by atoms with E-state index in [2.05, 4.69) is 20.1 Å². The van der Waals surface area contributed by atoms with Crippen LogP contribution < -0.4 is 11.1 Å². The number of aliphatic imine (C=N–C) groups is 1. The fourth-order valence-electron chi connectivity index (χ4n) is 3.32. The van der Waals surface area contributed by atoms with Crippen molar-refractivity contribution >= 4 is 23.3 Å². The summed E-state index contributed by atoms with van der Waals surface area (Å²) >= 11 is 6.04. The Kier molecular flexibility index (Phi) is 8.65. The molecule has 3 rings (SSSR count). The molecule has 1 saturated carbocycles. The molecule has 0 radical (unpaired) electrons. The molecule has 44 heavy (non-hydrogen) atoms. The van der Waals surface area contributed by atoms with Crippen LogP contribution in [0.3, 0.4) is 0 Å². The summed E-state index contributed by atoms with van der Waals surface area (Å²) in [6.45, 7) is 0.